The second-order valence-electron chi connectivity index (χ2n) is 4.74. The van der Waals surface area contributed by atoms with E-state index in [-0.39, 0.29) is 0 Å². The van der Waals surface area contributed by atoms with Crippen LogP contribution in [0.15, 0.2) is 42.5 Å². The lowest BCUT2D eigenvalue weighted by atomic mass is 10.1. The number of hydrogen-bond donors (Lipinski definition) is 3. The van der Waals surface area contributed by atoms with E-state index >= 15 is 0 Å². The Morgan fingerprint density at radius 1 is 1.19 bits per heavy atom. The highest BCUT2D eigenvalue weighted by molar-refractivity contribution is 5.88. The number of carbonyl (C=O) groups excluding carboxylic acids is 1. The number of methoxy groups -OCH3 is 1. The van der Waals surface area contributed by atoms with Gasteiger partial charge in [0.1, 0.15) is 5.75 Å². The van der Waals surface area contributed by atoms with Crippen molar-refractivity contribution in [1.82, 2.24) is 0 Å². The number of primary amides is 1. The Labute approximate surface area is 124 Å². The van der Waals surface area contributed by atoms with Crippen molar-refractivity contribution < 1.29 is 9.53 Å². The highest BCUT2D eigenvalue weighted by Gasteiger charge is 2.04. The lowest BCUT2D eigenvalue weighted by molar-refractivity contribution is 0.259. The van der Waals surface area contributed by atoms with Gasteiger partial charge in [-0.2, -0.15) is 0 Å². The van der Waals surface area contributed by atoms with Crippen LogP contribution in [0.4, 0.5) is 16.2 Å². The van der Waals surface area contributed by atoms with E-state index in [0.29, 0.717) is 12.2 Å². The molecule has 2 aromatic carbocycles. The molecule has 0 aliphatic rings. The summed E-state index contributed by atoms with van der Waals surface area (Å²) in [6.07, 6.45) is 0. The molecule has 0 saturated carbocycles. The normalized spacial score (nSPS) is 10.0. The molecule has 0 heterocycles. The Morgan fingerprint density at radius 3 is 2.67 bits per heavy atom. The van der Waals surface area contributed by atoms with Crippen molar-refractivity contribution in [3.8, 4) is 5.75 Å². The van der Waals surface area contributed by atoms with Crippen molar-refractivity contribution in [2.45, 2.75) is 13.5 Å². The van der Waals surface area contributed by atoms with Gasteiger partial charge in [0, 0.05) is 23.5 Å². The van der Waals surface area contributed by atoms with Crippen LogP contribution in [0.25, 0.3) is 0 Å². The highest BCUT2D eigenvalue weighted by atomic mass is 16.5. The summed E-state index contributed by atoms with van der Waals surface area (Å²) in [5.74, 6) is 0.847. The van der Waals surface area contributed by atoms with Gasteiger partial charge in [-0.1, -0.05) is 23.8 Å². The van der Waals surface area contributed by atoms with Gasteiger partial charge in [0.15, 0.2) is 0 Å². The number of nitrogens with one attached hydrogen (secondary N) is 2. The van der Waals surface area contributed by atoms with Crippen LogP contribution < -0.4 is 21.1 Å². The molecule has 5 nitrogen and oxygen atoms in total. The first kappa shape index (κ1) is 14.7. The van der Waals surface area contributed by atoms with E-state index in [1.807, 2.05) is 37.3 Å². The van der Waals surface area contributed by atoms with Crippen LogP contribution in [-0.4, -0.2) is 13.1 Å². The number of carbonyl (C=O) groups is 1. The van der Waals surface area contributed by atoms with Gasteiger partial charge in [0.2, 0.25) is 0 Å². The van der Waals surface area contributed by atoms with Crippen LogP contribution in [0.3, 0.4) is 0 Å². The standard InChI is InChI=1S/C16H19N3O2/c1-11-6-7-15(21-2)12(8-11)10-18-13-4-3-5-14(9-13)19-16(17)20/h3-9,18H,10H2,1-2H3,(H3,17,19,20). The van der Waals surface area contributed by atoms with E-state index in [1.54, 1.807) is 13.2 Å². The number of rotatable bonds is 5. The van der Waals surface area contributed by atoms with Crippen molar-refractivity contribution >= 4 is 17.4 Å². The molecule has 110 valence electrons. The Bertz CT molecular complexity index is 641. The summed E-state index contributed by atoms with van der Waals surface area (Å²) < 4.78 is 5.35. The molecule has 2 aromatic rings. The second-order valence-corrected chi connectivity index (χ2v) is 4.74. The summed E-state index contributed by atoms with van der Waals surface area (Å²) in [5.41, 5.74) is 8.91. The predicted molar refractivity (Wildman–Crippen MR) is 84.7 cm³/mol. The molecule has 0 atom stereocenters. The molecule has 0 fully saturated rings. The summed E-state index contributed by atoms with van der Waals surface area (Å²) in [6.45, 7) is 2.67. The van der Waals surface area contributed by atoms with Gasteiger partial charge in [-0.25, -0.2) is 4.79 Å². The number of benzene rings is 2. The zero-order valence-corrected chi connectivity index (χ0v) is 12.1. The lowest BCUT2D eigenvalue weighted by Gasteiger charge is -2.12. The van der Waals surface area contributed by atoms with Gasteiger partial charge in [-0.05, 0) is 31.2 Å². The molecule has 0 saturated heterocycles. The second kappa shape index (κ2) is 6.65. The van der Waals surface area contributed by atoms with Crippen molar-refractivity contribution in [3.05, 3.63) is 53.6 Å². The van der Waals surface area contributed by atoms with Gasteiger partial charge in [-0.15, -0.1) is 0 Å². The van der Waals surface area contributed by atoms with E-state index in [1.165, 1.54) is 5.56 Å². The molecule has 5 heteroatoms. The molecule has 0 bridgehead atoms. The number of nitrogens with two attached hydrogens (primary N) is 1. The number of anilines is 2. The fraction of sp³-hybridized carbons (Fsp3) is 0.188. The summed E-state index contributed by atoms with van der Waals surface area (Å²) in [6, 6.07) is 12.9. The van der Waals surface area contributed by atoms with Crippen molar-refractivity contribution in [3.63, 3.8) is 0 Å². The van der Waals surface area contributed by atoms with Crippen molar-refractivity contribution in [2.24, 2.45) is 5.73 Å². The first-order chi connectivity index (χ1) is 10.1. The average Bonchev–Trinajstić information content (AvgIpc) is 2.45. The van der Waals surface area contributed by atoms with Crippen molar-refractivity contribution in [2.75, 3.05) is 17.7 Å². The largest absolute Gasteiger partial charge is 0.496 e. The first-order valence-corrected chi connectivity index (χ1v) is 6.62. The van der Waals surface area contributed by atoms with Crippen LogP contribution in [0, 0.1) is 6.92 Å². The summed E-state index contributed by atoms with van der Waals surface area (Å²) in [5, 5.41) is 5.85. The average molecular weight is 285 g/mol. The van der Waals surface area contributed by atoms with Gasteiger partial charge in [0.05, 0.1) is 7.11 Å². The zero-order chi connectivity index (χ0) is 15.2. The number of aryl methyl sites for hydroxylation is 1. The van der Waals surface area contributed by atoms with Crippen molar-refractivity contribution in [1.29, 1.82) is 0 Å². The van der Waals surface area contributed by atoms with Crippen LogP contribution in [0.1, 0.15) is 11.1 Å². The van der Waals surface area contributed by atoms with Gasteiger partial charge < -0.3 is 21.1 Å². The maximum absolute atomic E-state index is 10.9. The molecule has 2 rings (SSSR count). The van der Waals surface area contributed by atoms with E-state index < -0.39 is 6.03 Å². The molecule has 0 aliphatic carbocycles. The van der Waals surface area contributed by atoms with E-state index in [0.717, 1.165) is 17.0 Å². The predicted octanol–water partition coefficient (Wildman–Crippen LogP) is 3.11. The SMILES string of the molecule is COc1ccc(C)cc1CNc1cccc(NC(N)=O)c1. The van der Waals surface area contributed by atoms with Crippen LogP contribution >= 0.6 is 0 Å². The Kier molecular flexibility index (Phi) is 4.66. The molecule has 0 aromatic heterocycles. The monoisotopic (exact) mass is 285 g/mol. The minimum absolute atomic E-state index is 0.576. The molecule has 2 amide bonds. The number of ether oxygens (including phenoxy) is 1. The topological polar surface area (TPSA) is 76.4 Å². The van der Waals surface area contributed by atoms with Crippen LogP contribution in [0.5, 0.6) is 5.75 Å². The molecule has 4 N–H and O–H groups in total. The maximum atomic E-state index is 10.9. The number of urea groups is 1. The third kappa shape index (κ3) is 4.14. The third-order valence-corrected chi connectivity index (χ3v) is 3.05. The summed E-state index contributed by atoms with van der Waals surface area (Å²) in [7, 11) is 1.66. The summed E-state index contributed by atoms with van der Waals surface area (Å²) >= 11 is 0. The van der Waals surface area contributed by atoms with Gasteiger partial charge in [-0.3, -0.25) is 0 Å². The maximum Gasteiger partial charge on any atom is 0.316 e. The van der Waals surface area contributed by atoms with Crippen LogP contribution in [-0.2, 0) is 6.54 Å². The van der Waals surface area contributed by atoms with Gasteiger partial charge in [0.25, 0.3) is 0 Å². The smallest absolute Gasteiger partial charge is 0.316 e. The molecule has 0 aliphatic heterocycles. The zero-order valence-electron chi connectivity index (χ0n) is 12.1. The Morgan fingerprint density at radius 2 is 1.95 bits per heavy atom. The first-order valence-electron chi connectivity index (χ1n) is 6.62. The Hall–Kier alpha value is -2.69. The fourth-order valence-electron chi connectivity index (χ4n) is 2.09. The highest BCUT2D eigenvalue weighted by Crippen LogP contribution is 2.22. The van der Waals surface area contributed by atoms with E-state index in [4.69, 9.17) is 10.5 Å². The molecule has 0 radical (unpaired) electrons. The third-order valence-electron chi connectivity index (χ3n) is 3.05. The molecule has 21 heavy (non-hydrogen) atoms. The minimum atomic E-state index is -0.576. The minimum Gasteiger partial charge on any atom is -0.496 e. The molecular formula is C16H19N3O2. The summed E-state index contributed by atoms with van der Waals surface area (Å²) in [4.78, 5) is 10.9. The molecule has 0 unspecified atom stereocenters. The molecular weight excluding hydrogens is 266 g/mol. The van der Waals surface area contributed by atoms with Crippen LogP contribution in [0.2, 0.25) is 0 Å². The number of amides is 2. The fourth-order valence-corrected chi connectivity index (χ4v) is 2.09. The number of hydrogen-bond acceptors (Lipinski definition) is 3. The quantitative estimate of drug-likeness (QED) is 0.790. The van der Waals surface area contributed by atoms with Gasteiger partial charge >= 0.3 is 6.03 Å². The molecule has 0 spiro atoms. The van der Waals surface area contributed by atoms with E-state index in [2.05, 4.69) is 16.7 Å². The Balaban J connectivity index is 2.09. The van der Waals surface area contributed by atoms with E-state index in [9.17, 15) is 4.79 Å². The lowest BCUT2D eigenvalue weighted by Crippen LogP contribution is -2.19.